The molecular formula is C18H30BrN. The molecule has 0 heterocycles. The first kappa shape index (κ1) is 17.6. The van der Waals surface area contributed by atoms with Crippen molar-refractivity contribution in [3.63, 3.8) is 0 Å². The SMILES string of the molecule is CCCCCCCCCCCCNc1cccc(Br)c1. The van der Waals surface area contributed by atoms with Gasteiger partial charge >= 0.3 is 0 Å². The Hall–Kier alpha value is -0.500. The van der Waals surface area contributed by atoms with E-state index >= 15 is 0 Å². The van der Waals surface area contributed by atoms with Gasteiger partial charge in [-0.15, -0.1) is 0 Å². The van der Waals surface area contributed by atoms with E-state index in [1.165, 1.54) is 69.9 Å². The Morgan fingerprint density at radius 1 is 0.850 bits per heavy atom. The summed E-state index contributed by atoms with van der Waals surface area (Å²) in [7, 11) is 0. The molecule has 0 fully saturated rings. The number of benzene rings is 1. The minimum atomic E-state index is 1.09. The van der Waals surface area contributed by atoms with Crippen molar-refractivity contribution < 1.29 is 0 Å². The second-order valence-corrected chi connectivity index (χ2v) is 6.53. The smallest absolute Gasteiger partial charge is 0.0351 e. The van der Waals surface area contributed by atoms with Gasteiger partial charge in [-0.1, -0.05) is 86.7 Å². The molecule has 2 heteroatoms. The quantitative estimate of drug-likeness (QED) is 0.413. The summed E-state index contributed by atoms with van der Waals surface area (Å²) >= 11 is 3.50. The number of anilines is 1. The fourth-order valence-corrected chi connectivity index (χ4v) is 2.84. The minimum Gasteiger partial charge on any atom is -0.385 e. The van der Waals surface area contributed by atoms with Crippen LogP contribution in [0.25, 0.3) is 0 Å². The Morgan fingerprint density at radius 3 is 2.05 bits per heavy atom. The Labute approximate surface area is 133 Å². The molecule has 20 heavy (non-hydrogen) atoms. The Morgan fingerprint density at radius 2 is 1.45 bits per heavy atom. The maximum absolute atomic E-state index is 3.50. The minimum absolute atomic E-state index is 1.09. The number of hydrogen-bond donors (Lipinski definition) is 1. The largest absolute Gasteiger partial charge is 0.385 e. The van der Waals surface area contributed by atoms with Gasteiger partial charge in [0.05, 0.1) is 0 Å². The maximum atomic E-state index is 3.50. The Balaban J connectivity index is 1.85. The highest BCUT2D eigenvalue weighted by Crippen LogP contribution is 2.16. The third-order valence-electron chi connectivity index (χ3n) is 3.68. The van der Waals surface area contributed by atoms with Gasteiger partial charge in [-0.2, -0.15) is 0 Å². The molecule has 0 aliphatic carbocycles. The summed E-state index contributed by atoms with van der Waals surface area (Å²) in [6, 6.07) is 8.40. The third kappa shape index (κ3) is 9.41. The predicted octanol–water partition coefficient (Wildman–Crippen LogP) is 6.78. The molecule has 1 nitrogen and oxygen atoms in total. The van der Waals surface area contributed by atoms with Crippen LogP contribution in [0.3, 0.4) is 0 Å². The van der Waals surface area contributed by atoms with Gasteiger partial charge in [-0.25, -0.2) is 0 Å². The summed E-state index contributed by atoms with van der Waals surface area (Å²) in [5.74, 6) is 0. The molecule has 1 aromatic carbocycles. The van der Waals surface area contributed by atoms with Gasteiger partial charge in [-0.3, -0.25) is 0 Å². The molecule has 0 amide bonds. The molecule has 1 aromatic rings. The molecular weight excluding hydrogens is 310 g/mol. The molecule has 0 bridgehead atoms. The lowest BCUT2D eigenvalue weighted by atomic mass is 10.1. The van der Waals surface area contributed by atoms with Crippen molar-refractivity contribution in [1.82, 2.24) is 0 Å². The van der Waals surface area contributed by atoms with E-state index in [1.54, 1.807) is 0 Å². The van der Waals surface area contributed by atoms with Crippen LogP contribution < -0.4 is 5.32 Å². The molecule has 0 saturated carbocycles. The predicted molar refractivity (Wildman–Crippen MR) is 94.5 cm³/mol. The van der Waals surface area contributed by atoms with E-state index in [2.05, 4.69) is 52.4 Å². The highest BCUT2D eigenvalue weighted by atomic mass is 79.9. The lowest BCUT2D eigenvalue weighted by Crippen LogP contribution is -2.01. The average molecular weight is 340 g/mol. The van der Waals surface area contributed by atoms with Gasteiger partial charge in [0.25, 0.3) is 0 Å². The Bertz CT molecular complexity index is 338. The summed E-state index contributed by atoms with van der Waals surface area (Å²) in [5, 5.41) is 3.48. The average Bonchev–Trinajstić information content (AvgIpc) is 2.45. The van der Waals surface area contributed by atoms with Crippen LogP contribution in [0.5, 0.6) is 0 Å². The highest BCUT2D eigenvalue weighted by molar-refractivity contribution is 9.10. The molecule has 0 aliphatic rings. The molecule has 0 aliphatic heterocycles. The van der Waals surface area contributed by atoms with Crippen molar-refractivity contribution >= 4 is 21.6 Å². The van der Waals surface area contributed by atoms with Gasteiger partial charge in [0.1, 0.15) is 0 Å². The van der Waals surface area contributed by atoms with Crippen molar-refractivity contribution in [2.45, 2.75) is 71.1 Å². The summed E-state index contributed by atoms with van der Waals surface area (Å²) in [6.07, 6.45) is 14.0. The van der Waals surface area contributed by atoms with Crippen LogP contribution in [0.4, 0.5) is 5.69 Å². The first-order valence-electron chi connectivity index (χ1n) is 8.32. The number of rotatable bonds is 12. The van der Waals surface area contributed by atoms with Crippen LogP contribution in [0, 0.1) is 0 Å². The number of halogens is 1. The monoisotopic (exact) mass is 339 g/mol. The lowest BCUT2D eigenvalue weighted by molar-refractivity contribution is 0.560. The number of unbranched alkanes of at least 4 members (excludes halogenated alkanes) is 9. The number of nitrogens with one attached hydrogen (secondary N) is 1. The van der Waals surface area contributed by atoms with E-state index < -0.39 is 0 Å². The van der Waals surface area contributed by atoms with E-state index in [1.807, 2.05) is 0 Å². The van der Waals surface area contributed by atoms with Crippen LogP contribution in [0.2, 0.25) is 0 Å². The van der Waals surface area contributed by atoms with Crippen molar-refractivity contribution in [3.8, 4) is 0 Å². The summed E-state index contributed by atoms with van der Waals surface area (Å²) < 4.78 is 1.14. The maximum Gasteiger partial charge on any atom is 0.0351 e. The molecule has 1 N–H and O–H groups in total. The third-order valence-corrected chi connectivity index (χ3v) is 4.18. The van der Waals surface area contributed by atoms with Crippen molar-refractivity contribution in [2.75, 3.05) is 11.9 Å². The van der Waals surface area contributed by atoms with Gasteiger partial charge in [0, 0.05) is 16.7 Å². The summed E-state index contributed by atoms with van der Waals surface area (Å²) in [6.45, 7) is 3.37. The fraction of sp³-hybridized carbons (Fsp3) is 0.667. The van der Waals surface area contributed by atoms with Gasteiger partial charge in [0.15, 0.2) is 0 Å². The molecule has 0 spiro atoms. The second-order valence-electron chi connectivity index (χ2n) is 5.62. The molecule has 0 saturated heterocycles. The van der Waals surface area contributed by atoms with Crippen LogP contribution in [-0.2, 0) is 0 Å². The zero-order valence-corrected chi connectivity index (χ0v) is 14.6. The summed E-state index contributed by atoms with van der Waals surface area (Å²) in [5.41, 5.74) is 1.22. The topological polar surface area (TPSA) is 12.0 Å². The summed E-state index contributed by atoms with van der Waals surface area (Å²) in [4.78, 5) is 0. The highest BCUT2D eigenvalue weighted by Gasteiger charge is 1.94. The lowest BCUT2D eigenvalue weighted by Gasteiger charge is -2.06. The molecule has 1 rings (SSSR count). The van der Waals surface area contributed by atoms with Crippen molar-refractivity contribution in [2.24, 2.45) is 0 Å². The van der Waals surface area contributed by atoms with E-state index in [-0.39, 0.29) is 0 Å². The standard InChI is InChI=1S/C18H30BrN/c1-2-3-4-5-6-7-8-9-10-11-15-20-18-14-12-13-17(19)16-18/h12-14,16,20H,2-11,15H2,1H3. The fourth-order valence-electron chi connectivity index (χ4n) is 2.44. The number of hydrogen-bond acceptors (Lipinski definition) is 1. The molecule has 114 valence electrons. The van der Waals surface area contributed by atoms with Crippen LogP contribution in [-0.4, -0.2) is 6.54 Å². The van der Waals surface area contributed by atoms with Crippen molar-refractivity contribution in [1.29, 1.82) is 0 Å². The van der Waals surface area contributed by atoms with E-state index in [0.717, 1.165) is 11.0 Å². The van der Waals surface area contributed by atoms with Gasteiger partial charge in [-0.05, 0) is 24.6 Å². The van der Waals surface area contributed by atoms with E-state index in [9.17, 15) is 0 Å². The van der Waals surface area contributed by atoms with E-state index in [4.69, 9.17) is 0 Å². The van der Waals surface area contributed by atoms with Crippen LogP contribution in [0.1, 0.15) is 71.1 Å². The zero-order chi connectivity index (χ0) is 14.5. The Kier molecular flexibility index (Phi) is 10.8. The molecule has 0 aromatic heterocycles. The first-order valence-corrected chi connectivity index (χ1v) is 9.11. The first-order chi connectivity index (χ1) is 9.83. The van der Waals surface area contributed by atoms with Gasteiger partial charge < -0.3 is 5.32 Å². The van der Waals surface area contributed by atoms with Gasteiger partial charge in [0.2, 0.25) is 0 Å². The van der Waals surface area contributed by atoms with Crippen LogP contribution >= 0.6 is 15.9 Å². The van der Waals surface area contributed by atoms with E-state index in [0.29, 0.717) is 0 Å². The molecule has 0 atom stereocenters. The molecule has 0 radical (unpaired) electrons. The zero-order valence-electron chi connectivity index (χ0n) is 13.0. The normalized spacial score (nSPS) is 10.7. The van der Waals surface area contributed by atoms with Crippen LogP contribution in [0.15, 0.2) is 28.7 Å². The van der Waals surface area contributed by atoms with Crippen molar-refractivity contribution in [3.05, 3.63) is 28.7 Å². The molecule has 0 unspecified atom stereocenters. The second kappa shape index (κ2) is 12.3.